The highest BCUT2D eigenvalue weighted by atomic mass is 32.1. The van der Waals surface area contributed by atoms with Crippen molar-refractivity contribution in [1.82, 2.24) is 0 Å². The standard InChI is InChI=1S/C17H19FO2S/c1-17(2,3)16-7-6-15(21-16)14-9-12(19)11-8-10(18)4-5-13(11)20-14/h4-8,12,14,19H,9H2,1-3H3. The molecule has 0 spiro atoms. The van der Waals surface area contributed by atoms with Crippen LogP contribution < -0.4 is 4.74 Å². The van der Waals surface area contributed by atoms with E-state index in [0.29, 0.717) is 17.7 Å². The maximum atomic E-state index is 13.3. The maximum absolute atomic E-state index is 13.3. The molecular weight excluding hydrogens is 287 g/mol. The lowest BCUT2D eigenvalue weighted by atomic mass is 9.95. The van der Waals surface area contributed by atoms with Crippen molar-refractivity contribution in [2.45, 2.75) is 44.8 Å². The van der Waals surface area contributed by atoms with E-state index in [1.807, 2.05) is 0 Å². The Morgan fingerprint density at radius 2 is 2.00 bits per heavy atom. The highest BCUT2D eigenvalue weighted by Crippen LogP contribution is 2.43. The quantitative estimate of drug-likeness (QED) is 0.824. The minimum absolute atomic E-state index is 0.108. The summed E-state index contributed by atoms with van der Waals surface area (Å²) in [5.41, 5.74) is 0.649. The van der Waals surface area contributed by atoms with Gasteiger partial charge in [-0.15, -0.1) is 11.3 Å². The molecule has 0 saturated heterocycles. The van der Waals surface area contributed by atoms with E-state index >= 15 is 0 Å². The van der Waals surface area contributed by atoms with Gasteiger partial charge in [0.1, 0.15) is 17.7 Å². The van der Waals surface area contributed by atoms with Crippen LogP contribution in [-0.2, 0) is 5.41 Å². The first-order valence-corrected chi connectivity index (χ1v) is 7.90. The number of aliphatic hydroxyl groups is 1. The third kappa shape index (κ3) is 2.83. The van der Waals surface area contributed by atoms with Crippen molar-refractivity contribution in [2.24, 2.45) is 0 Å². The molecule has 3 rings (SSSR count). The average Bonchev–Trinajstić information content (AvgIpc) is 2.89. The van der Waals surface area contributed by atoms with Gasteiger partial charge in [-0.2, -0.15) is 0 Å². The topological polar surface area (TPSA) is 29.5 Å². The molecule has 112 valence electrons. The van der Waals surface area contributed by atoms with Crippen molar-refractivity contribution in [3.8, 4) is 5.75 Å². The maximum Gasteiger partial charge on any atom is 0.136 e. The number of ether oxygens (including phenoxy) is 1. The molecule has 1 aromatic carbocycles. The van der Waals surface area contributed by atoms with E-state index in [9.17, 15) is 9.50 Å². The number of hydrogen-bond donors (Lipinski definition) is 1. The number of hydrogen-bond acceptors (Lipinski definition) is 3. The first kappa shape index (κ1) is 14.5. The lowest BCUT2D eigenvalue weighted by molar-refractivity contribution is 0.0670. The highest BCUT2D eigenvalue weighted by molar-refractivity contribution is 7.12. The zero-order valence-electron chi connectivity index (χ0n) is 12.4. The Morgan fingerprint density at radius 3 is 2.67 bits per heavy atom. The summed E-state index contributed by atoms with van der Waals surface area (Å²) in [5.74, 6) is 0.229. The van der Waals surface area contributed by atoms with Crippen LogP contribution in [-0.4, -0.2) is 5.11 Å². The van der Waals surface area contributed by atoms with Crippen LogP contribution in [0.5, 0.6) is 5.75 Å². The summed E-state index contributed by atoms with van der Waals surface area (Å²) >= 11 is 1.72. The summed E-state index contributed by atoms with van der Waals surface area (Å²) in [6, 6.07) is 8.50. The summed E-state index contributed by atoms with van der Waals surface area (Å²) in [6.45, 7) is 6.53. The van der Waals surface area contributed by atoms with Crippen LogP contribution in [0.1, 0.15) is 54.7 Å². The molecule has 2 aromatic rings. The Labute approximate surface area is 128 Å². The summed E-state index contributed by atoms with van der Waals surface area (Å²) in [4.78, 5) is 2.40. The summed E-state index contributed by atoms with van der Waals surface area (Å²) in [6.07, 6.45) is -0.394. The third-order valence-electron chi connectivity index (χ3n) is 3.72. The van der Waals surface area contributed by atoms with E-state index in [1.54, 1.807) is 17.4 Å². The first-order chi connectivity index (χ1) is 9.84. The van der Waals surface area contributed by atoms with Gasteiger partial charge < -0.3 is 9.84 Å². The molecule has 4 heteroatoms. The van der Waals surface area contributed by atoms with Crippen LogP contribution in [0.3, 0.4) is 0 Å². The van der Waals surface area contributed by atoms with Crippen LogP contribution in [0.25, 0.3) is 0 Å². The molecule has 1 aromatic heterocycles. The molecule has 1 aliphatic rings. The molecule has 0 saturated carbocycles. The number of benzene rings is 1. The van der Waals surface area contributed by atoms with Crippen LogP contribution in [0.15, 0.2) is 30.3 Å². The molecule has 0 aliphatic carbocycles. The van der Waals surface area contributed by atoms with Crippen LogP contribution in [0.2, 0.25) is 0 Å². The minimum Gasteiger partial charge on any atom is -0.484 e. The van der Waals surface area contributed by atoms with Gasteiger partial charge in [0, 0.05) is 21.7 Å². The fourth-order valence-electron chi connectivity index (χ4n) is 2.52. The summed E-state index contributed by atoms with van der Waals surface area (Å²) in [7, 11) is 0. The van der Waals surface area contributed by atoms with Crippen LogP contribution >= 0.6 is 11.3 Å². The molecule has 0 bridgehead atoms. The molecule has 0 fully saturated rings. The van der Waals surface area contributed by atoms with E-state index in [0.717, 1.165) is 4.88 Å². The number of aliphatic hydroxyl groups excluding tert-OH is 1. The molecule has 2 unspecified atom stereocenters. The average molecular weight is 306 g/mol. The molecule has 2 atom stereocenters. The van der Waals surface area contributed by atoms with Gasteiger partial charge in [0.15, 0.2) is 0 Å². The highest BCUT2D eigenvalue weighted by Gasteiger charge is 2.30. The Kier molecular flexibility index (Phi) is 3.54. The summed E-state index contributed by atoms with van der Waals surface area (Å²) in [5, 5.41) is 10.2. The van der Waals surface area contributed by atoms with Crippen molar-refractivity contribution in [3.05, 3.63) is 51.5 Å². The molecular formula is C17H19FO2S. The lowest BCUT2D eigenvalue weighted by Gasteiger charge is -2.29. The fraction of sp³-hybridized carbons (Fsp3) is 0.412. The van der Waals surface area contributed by atoms with Crippen LogP contribution in [0, 0.1) is 5.82 Å². The van der Waals surface area contributed by atoms with E-state index in [4.69, 9.17) is 4.74 Å². The number of thiophene rings is 1. The Bertz CT molecular complexity index is 657. The third-order valence-corrected chi connectivity index (χ3v) is 5.32. The van der Waals surface area contributed by atoms with Crippen molar-refractivity contribution in [1.29, 1.82) is 0 Å². The molecule has 0 radical (unpaired) electrons. The van der Waals surface area contributed by atoms with Gasteiger partial charge >= 0.3 is 0 Å². The smallest absolute Gasteiger partial charge is 0.136 e. The van der Waals surface area contributed by atoms with Crippen molar-refractivity contribution < 1.29 is 14.2 Å². The van der Waals surface area contributed by atoms with E-state index < -0.39 is 6.10 Å². The zero-order chi connectivity index (χ0) is 15.2. The predicted molar refractivity (Wildman–Crippen MR) is 82.4 cm³/mol. The van der Waals surface area contributed by atoms with Crippen LogP contribution in [0.4, 0.5) is 4.39 Å². The Balaban J connectivity index is 1.89. The van der Waals surface area contributed by atoms with Crippen molar-refractivity contribution in [2.75, 3.05) is 0 Å². The monoisotopic (exact) mass is 306 g/mol. The number of rotatable bonds is 1. The van der Waals surface area contributed by atoms with E-state index in [-0.39, 0.29) is 17.3 Å². The number of fused-ring (bicyclic) bond motifs is 1. The zero-order valence-corrected chi connectivity index (χ0v) is 13.2. The molecule has 21 heavy (non-hydrogen) atoms. The fourth-order valence-corrected chi connectivity index (χ4v) is 3.63. The first-order valence-electron chi connectivity index (χ1n) is 7.09. The summed E-state index contributed by atoms with van der Waals surface area (Å²) < 4.78 is 19.2. The molecule has 2 nitrogen and oxygen atoms in total. The van der Waals surface area contributed by atoms with Crippen molar-refractivity contribution in [3.63, 3.8) is 0 Å². The van der Waals surface area contributed by atoms with Crippen molar-refractivity contribution >= 4 is 11.3 Å². The second-order valence-corrected chi connectivity index (χ2v) is 7.61. The second-order valence-electron chi connectivity index (χ2n) is 6.49. The molecule has 1 N–H and O–H groups in total. The number of halogens is 1. The van der Waals surface area contributed by atoms with Gasteiger partial charge in [0.05, 0.1) is 6.10 Å². The van der Waals surface area contributed by atoms with Gasteiger partial charge in [-0.05, 0) is 35.7 Å². The van der Waals surface area contributed by atoms with E-state index in [1.165, 1.54) is 17.0 Å². The second kappa shape index (κ2) is 5.11. The molecule has 2 heterocycles. The molecule has 0 amide bonds. The lowest BCUT2D eigenvalue weighted by Crippen LogP contribution is -2.18. The molecule has 1 aliphatic heterocycles. The van der Waals surface area contributed by atoms with E-state index in [2.05, 4.69) is 32.9 Å². The minimum atomic E-state index is -0.686. The SMILES string of the molecule is CC(C)(C)c1ccc(C2CC(O)c3cc(F)ccc3O2)s1. The van der Waals surface area contributed by atoms with Gasteiger partial charge in [-0.25, -0.2) is 4.39 Å². The Hall–Kier alpha value is -1.39. The Morgan fingerprint density at radius 1 is 1.24 bits per heavy atom. The normalized spacial score (nSPS) is 21.8. The van der Waals surface area contributed by atoms with Gasteiger partial charge in [0.25, 0.3) is 0 Å². The predicted octanol–water partition coefficient (Wildman–Crippen LogP) is 4.74. The van der Waals surface area contributed by atoms with Gasteiger partial charge in [-0.1, -0.05) is 20.8 Å². The largest absolute Gasteiger partial charge is 0.484 e. The van der Waals surface area contributed by atoms with Gasteiger partial charge in [-0.3, -0.25) is 0 Å². The van der Waals surface area contributed by atoms with Gasteiger partial charge in [0.2, 0.25) is 0 Å².